The van der Waals surface area contributed by atoms with Crippen LogP contribution < -0.4 is 0 Å². The third-order valence-corrected chi connectivity index (χ3v) is 10.7. The van der Waals surface area contributed by atoms with Gasteiger partial charge in [-0.2, -0.15) is 0 Å². The van der Waals surface area contributed by atoms with E-state index >= 15 is 0 Å². The van der Waals surface area contributed by atoms with Crippen LogP contribution >= 0.6 is 22.7 Å². The maximum absolute atomic E-state index is 2.39. The Labute approximate surface area is 254 Å². The van der Waals surface area contributed by atoms with Gasteiger partial charge in [0.25, 0.3) is 0 Å². The molecule has 0 amide bonds. The molecule has 202 valence electrons. The van der Waals surface area contributed by atoms with Crippen LogP contribution in [0.25, 0.3) is 73.7 Å². The molecule has 0 aliphatic rings. The normalized spacial score (nSPS) is 12.2. The van der Waals surface area contributed by atoms with Crippen molar-refractivity contribution in [2.24, 2.45) is 0 Å². The van der Waals surface area contributed by atoms with Crippen LogP contribution in [-0.4, -0.2) is 0 Å². The first kappa shape index (κ1) is 25.5. The van der Waals surface area contributed by atoms with E-state index in [1.165, 1.54) is 79.3 Å². The van der Waals surface area contributed by atoms with E-state index in [9.17, 15) is 0 Å². The SMILES string of the molecule is CC(C)(C)c1cc(-c2cccc(-c3ccc4c(c3)sc3ccccc34)c2)cc(-c2ccc3c(c2)sc2ccccc23)c1. The molecule has 0 fully saturated rings. The number of thiophene rings is 2. The Morgan fingerprint density at radius 1 is 0.357 bits per heavy atom. The van der Waals surface area contributed by atoms with Gasteiger partial charge in [-0.05, 0) is 80.8 Å². The number of hydrogen-bond acceptors (Lipinski definition) is 2. The largest absolute Gasteiger partial charge is 0.135 e. The third kappa shape index (κ3) is 4.34. The molecule has 42 heavy (non-hydrogen) atoms. The lowest BCUT2D eigenvalue weighted by molar-refractivity contribution is 0.590. The smallest absolute Gasteiger partial charge is 0.0361 e. The van der Waals surface area contributed by atoms with Crippen molar-refractivity contribution in [3.8, 4) is 33.4 Å². The molecule has 8 aromatic rings. The molecule has 0 nitrogen and oxygen atoms in total. The van der Waals surface area contributed by atoms with E-state index < -0.39 is 0 Å². The van der Waals surface area contributed by atoms with E-state index in [0.29, 0.717) is 0 Å². The summed E-state index contributed by atoms with van der Waals surface area (Å²) < 4.78 is 5.38. The van der Waals surface area contributed by atoms with Crippen LogP contribution in [0.1, 0.15) is 26.3 Å². The maximum Gasteiger partial charge on any atom is 0.0361 e. The van der Waals surface area contributed by atoms with Gasteiger partial charge in [0.1, 0.15) is 0 Å². The molecular formula is C40H30S2. The lowest BCUT2D eigenvalue weighted by atomic mass is 9.83. The van der Waals surface area contributed by atoms with Crippen LogP contribution in [-0.2, 0) is 5.41 Å². The first-order chi connectivity index (χ1) is 20.4. The minimum Gasteiger partial charge on any atom is -0.135 e. The summed E-state index contributed by atoms with van der Waals surface area (Å²) in [5.74, 6) is 0. The summed E-state index contributed by atoms with van der Waals surface area (Å²) in [6, 6.07) is 47.5. The van der Waals surface area contributed by atoms with E-state index in [4.69, 9.17) is 0 Å². The highest BCUT2D eigenvalue weighted by Crippen LogP contribution is 2.40. The average molecular weight is 575 g/mol. The lowest BCUT2D eigenvalue weighted by Gasteiger charge is -2.22. The molecule has 0 aliphatic heterocycles. The average Bonchev–Trinajstić information content (AvgIpc) is 3.58. The van der Waals surface area contributed by atoms with E-state index in [0.717, 1.165) is 0 Å². The van der Waals surface area contributed by atoms with Crippen molar-refractivity contribution in [3.05, 3.63) is 133 Å². The van der Waals surface area contributed by atoms with Gasteiger partial charge < -0.3 is 0 Å². The first-order valence-corrected chi connectivity index (χ1v) is 16.1. The second kappa shape index (κ2) is 9.66. The highest BCUT2D eigenvalue weighted by atomic mass is 32.1. The van der Waals surface area contributed by atoms with Crippen LogP contribution in [0.3, 0.4) is 0 Å². The van der Waals surface area contributed by atoms with Crippen LogP contribution in [0.5, 0.6) is 0 Å². The molecule has 0 saturated heterocycles. The zero-order valence-corrected chi connectivity index (χ0v) is 25.6. The fraction of sp³-hybridized carbons (Fsp3) is 0.100. The zero-order chi connectivity index (χ0) is 28.4. The van der Waals surface area contributed by atoms with E-state index in [1.54, 1.807) is 0 Å². The Balaban J connectivity index is 1.24. The Morgan fingerprint density at radius 3 is 1.33 bits per heavy atom. The van der Waals surface area contributed by atoms with E-state index in [-0.39, 0.29) is 5.41 Å². The molecule has 0 spiro atoms. The maximum atomic E-state index is 2.39. The highest BCUT2D eigenvalue weighted by Gasteiger charge is 2.17. The molecule has 0 atom stereocenters. The Hall–Kier alpha value is -4.24. The molecule has 0 radical (unpaired) electrons. The number of hydrogen-bond donors (Lipinski definition) is 0. The van der Waals surface area contributed by atoms with Crippen molar-refractivity contribution in [1.29, 1.82) is 0 Å². The van der Waals surface area contributed by atoms with Gasteiger partial charge in [-0.1, -0.05) is 112 Å². The number of benzene rings is 6. The fourth-order valence-electron chi connectivity index (χ4n) is 6.08. The number of fused-ring (bicyclic) bond motifs is 6. The molecule has 0 N–H and O–H groups in total. The third-order valence-electron chi connectivity index (χ3n) is 8.42. The molecule has 0 saturated carbocycles. The Morgan fingerprint density at radius 2 is 0.786 bits per heavy atom. The summed E-state index contributed by atoms with van der Waals surface area (Å²) in [6.45, 7) is 6.92. The molecule has 6 aromatic carbocycles. The molecule has 2 heterocycles. The van der Waals surface area contributed by atoms with Gasteiger partial charge in [-0.15, -0.1) is 22.7 Å². The Bertz CT molecular complexity index is 2290. The topological polar surface area (TPSA) is 0 Å². The predicted molar refractivity (Wildman–Crippen MR) is 187 cm³/mol. The van der Waals surface area contributed by atoms with Crippen molar-refractivity contribution < 1.29 is 0 Å². The van der Waals surface area contributed by atoms with Crippen LogP contribution in [0.4, 0.5) is 0 Å². The van der Waals surface area contributed by atoms with E-state index in [2.05, 4.69) is 148 Å². The molecule has 0 unspecified atom stereocenters. The van der Waals surface area contributed by atoms with Crippen molar-refractivity contribution in [3.63, 3.8) is 0 Å². The minimum atomic E-state index is 0.0380. The summed E-state index contributed by atoms with van der Waals surface area (Å²) in [4.78, 5) is 0. The molecule has 2 aromatic heterocycles. The monoisotopic (exact) mass is 574 g/mol. The predicted octanol–water partition coefficient (Wildman–Crippen LogP) is 12.7. The van der Waals surface area contributed by atoms with Crippen LogP contribution in [0.15, 0.2) is 127 Å². The fourth-order valence-corrected chi connectivity index (χ4v) is 8.37. The second-order valence-corrected chi connectivity index (χ2v) is 14.4. The van der Waals surface area contributed by atoms with Gasteiger partial charge in [0.05, 0.1) is 0 Å². The molecule has 0 bridgehead atoms. The van der Waals surface area contributed by atoms with Crippen LogP contribution in [0, 0.1) is 0 Å². The van der Waals surface area contributed by atoms with Gasteiger partial charge in [0.15, 0.2) is 0 Å². The molecule has 2 heteroatoms. The van der Waals surface area contributed by atoms with Gasteiger partial charge in [0, 0.05) is 40.3 Å². The van der Waals surface area contributed by atoms with Crippen molar-refractivity contribution in [1.82, 2.24) is 0 Å². The van der Waals surface area contributed by atoms with Gasteiger partial charge >= 0.3 is 0 Å². The highest BCUT2D eigenvalue weighted by molar-refractivity contribution is 7.26. The zero-order valence-electron chi connectivity index (χ0n) is 23.9. The standard InChI is InChI=1S/C40H30S2/c1-40(2,3)31-21-29(20-30(22-31)28-16-18-35-33-12-5-7-14-37(33)42-39(35)24-28)26-10-8-9-25(19-26)27-15-17-34-32-11-4-6-13-36(32)41-38(34)23-27/h4-24H,1-3H3. The van der Waals surface area contributed by atoms with Gasteiger partial charge in [0.2, 0.25) is 0 Å². The first-order valence-electron chi connectivity index (χ1n) is 14.5. The second-order valence-electron chi connectivity index (χ2n) is 12.2. The van der Waals surface area contributed by atoms with Crippen molar-refractivity contribution in [2.75, 3.05) is 0 Å². The molecule has 0 aliphatic carbocycles. The lowest BCUT2D eigenvalue weighted by Crippen LogP contribution is -2.11. The quantitative estimate of drug-likeness (QED) is 0.197. The summed E-state index contributed by atoms with van der Waals surface area (Å²) in [7, 11) is 0. The van der Waals surface area contributed by atoms with Crippen molar-refractivity contribution in [2.45, 2.75) is 26.2 Å². The van der Waals surface area contributed by atoms with Crippen LogP contribution in [0.2, 0.25) is 0 Å². The minimum absolute atomic E-state index is 0.0380. The van der Waals surface area contributed by atoms with Gasteiger partial charge in [-0.25, -0.2) is 0 Å². The summed E-state index contributed by atoms with van der Waals surface area (Å²) in [5.41, 5.74) is 8.96. The summed E-state index contributed by atoms with van der Waals surface area (Å²) >= 11 is 3.76. The van der Waals surface area contributed by atoms with Gasteiger partial charge in [-0.3, -0.25) is 0 Å². The van der Waals surface area contributed by atoms with E-state index in [1.807, 2.05) is 22.7 Å². The summed E-state index contributed by atoms with van der Waals surface area (Å²) in [6.07, 6.45) is 0. The Kier molecular flexibility index (Phi) is 5.86. The van der Waals surface area contributed by atoms with Crippen molar-refractivity contribution >= 4 is 63.0 Å². The number of rotatable bonds is 3. The molecular weight excluding hydrogens is 545 g/mol. The summed E-state index contributed by atoms with van der Waals surface area (Å²) in [5, 5.41) is 5.38. The molecule has 8 rings (SSSR count).